The summed E-state index contributed by atoms with van der Waals surface area (Å²) in [6, 6.07) is 12.2. The van der Waals surface area contributed by atoms with Gasteiger partial charge in [0.2, 0.25) is 0 Å². The maximum absolute atomic E-state index is 11.6. The number of esters is 1. The van der Waals surface area contributed by atoms with E-state index in [1.807, 2.05) is 0 Å². The molecule has 132 valence electrons. The SMILES string of the molecule is CCOC(=O)c1ccc(NC(=S)Nc2cc(OC)ccc2OC)cc1. The van der Waals surface area contributed by atoms with Crippen LogP contribution in [0.25, 0.3) is 0 Å². The second kappa shape index (κ2) is 8.89. The average molecular weight is 360 g/mol. The quantitative estimate of drug-likeness (QED) is 0.601. The van der Waals surface area contributed by atoms with Gasteiger partial charge >= 0.3 is 5.97 Å². The lowest BCUT2D eigenvalue weighted by atomic mass is 10.2. The van der Waals surface area contributed by atoms with E-state index in [1.54, 1.807) is 63.6 Å². The highest BCUT2D eigenvalue weighted by atomic mass is 32.1. The number of nitrogens with one attached hydrogen (secondary N) is 2. The van der Waals surface area contributed by atoms with E-state index in [-0.39, 0.29) is 5.97 Å². The van der Waals surface area contributed by atoms with Crippen LogP contribution in [-0.2, 0) is 4.74 Å². The number of ether oxygens (including phenoxy) is 3. The third-order valence-corrected chi connectivity index (χ3v) is 3.51. The van der Waals surface area contributed by atoms with Gasteiger partial charge < -0.3 is 24.8 Å². The molecular formula is C18H20N2O4S. The average Bonchev–Trinajstić information content (AvgIpc) is 2.62. The Bertz CT molecular complexity index is 747. The number of carbonyl (C=O) groups is 1. The van der Waals surface area contributed by atoms with Gasteiger partial charge in [0.15, 0.2) is 5.11 Å². The van der Waals surface area contributed by atoms with Crippen molar-refractivity contribution in [2.75, 3.05) is 31.5 Å². The zero-order valence-corrected chi connectivity index (χ0v) is 15.1. The van der Waals surface area contributed by atoms with E-state index in [1.165, 1.54) is 0 Å². The summed E-state index contributed by atoms with van der Waals surface area (Å²) in [5.41, 5.74) is 1.91. The molecule has 2 aromatic carbocycles. The Morgan fingerprint density at radius 3 is 2.36 bits per heavy atom. The summed E-state index contributed by atoms with van der Waals surface area (Å²) in [7, 11) is 3.17. The third kappa shape index (κ3) is 5.09. The Morgan fingerprint density at radius 2 is 1.76 bits per heavy atom. The number of benzene rings is 2. The molecule has 0 aliphatic rings. The Balaban J connectivity index is 2.04. The van der Waals surface area contributed by atoms with Gasteiger partial charge in [0.1, 0.15) is 11.5 Å². The molecule has 0 radical (unpaired) electrons. The van der Waals surface area contributed by atoms with Crippen molar-refractivity contribution in [3.63, 3.8) is 0 Å². The van der Waals surface area contributed by atoms with Gasteiger partial charge in [0, 0.05) is 11.8 Å². The van der Waals surface area contributed by atoms with Crippen LogP contribution in [0.5, 0.6) is 11.5 Å². The molecule has 0 saturated heterocycles. The van der Waals surface area contributed by atoms with E-state index in [0.29, 0.717) is 34.5 Å². The van der Waals surface area contributed by atoms with Gasteiger partial charge in [0.25, 0.3) is 0 Å². The highest BCUT2D eigenvalue weighted by molar-refractivity contribution is 7.80. The van der Waals surface area contributed by atoms with Crippen LogP contribution in [0.4, 0.5) is 11.4 Å². The number of hydrogen-bond acceptors (Lipinski definition) is 5. The first-order valence-corrected chi connectivity index (χ1v) is 8.05. The van der Waals surface area contributed by atoms with Crippen LogP contribution in [0.1, 0.15) is 17.3 Å². The molecule has 25 heavy (non-hydrogen) atoms. The van der Waals surface area contributed by atoms with E-state index >= 15 is 0 Å². The molecule has 0 heterocycles. The predicted molar refractivity (Wildman–Crippen MR) is 102 cm³/mol. The standard InChI is InChI=1S/C18H20N2O4S/c1-4-24-17(21)12-5-7-13(8-6-12)19-18(25)20-15-11-14(22-2)9-10-16(15)23-3/h5-11H,4H2,1-3H3,(H2,19,20,25). The van der Waals surface area contributed by atoms with Gasteiger partial charge in [0.05, 0.1) is 32.1 Å². The first kappa shape index (κ1) is 18.5. The van der Waals surface area contributed by atoms with Gasteiger partial charge in [-0.3, -0.25) is 0 Å². The van der Waals surface area contributed by atoms with Crippen LogP contribution < -0.4 is 20.1 Å². The molecule has 0 spiro atoms. The van der Waals surface area contributed by atoms with Gasteiger partial charge in [-0.15, -0.1) is 0 Å². The Labute approximate surface area is 152 Å². The molecule has 2 N–H and O–H groups in total. The van der Waals surface area contributed by atoms with Gasteiger partial charge in [-0.2, -0.15) is 0 Å². The van der Waals surface area contributed by atoms with Crippen molar-refractivity contribution >= 4 is 34.7 Å². The number of rotatable bonds is 6. The van der Waals surface area contributed by atoms with Crippen LogP contribution in [0.3, 0.4) is 0 Å². The highest BCUT2D eigenvalue weighted by Gasteiger charge is 2.09. The molecule has 6 nitrogen and oxygen atoms in total. The van der Waals surface area contributed by atoms with Gasteiger partial charge in [-0.25, -0.2) is 4.79 Å². The summed E-state index contributed by atoms with van der Waals surface area (Å²) < 4.78 is 15.5. The van der Waals surface area contributed by atoms with Crippen molar-refractivity contribution in [1.82, 2.24) is 0 Å². The van der Waals surface area contributed by atoms with Crippen molar-refractivity contribution in [3.05, 3.63) is 48.0 Å². The largest absolute Gasteiger partial charge is 0.497 e. The Morgan fingerprint density at radius 1 is 1.04 bits per heavy atom. The predicted octanol–water partition coefficient (Wildman–Crippen LogP) is 3.69. The molecule has 0 aromatic heterocycles. The zero-order chi connectivity index (χ0) is 18.2. The van der Waals surface area contributed by atoms with Gasteiger partial charge in [-0.05, 0) is 55.5 Å². The summed E-state index contributed by atoms with van der Waals surface area (Å²) in [6.45, 7) is 2.11. The van der Waals surface area contributed by atoms with Crippen LogP contribution >= 0.6 is 12.2 Å². The smallest absolute Gasteiger partial charge is 0.338 e. The third-order valence-electron chi connectivity index (χ3n) is 3.31. The summed E-state index contributed by atoms with van der Waals surface area (Å²) >= 11 is 5.32. The molecule has 0 amide bonds. The van der Waals surface area contributed by atoms with E-state index in [2.05, 4.69) is 10.6 Å². The van der Waals surface area contributed by atoms with E-state index in [0.717, 1.165) is 5.69 Å². The molecule has 7 heteroatoms. The molecule has 0 atom stereocenters. The minimum Gasteiger partial charge on any atom is -0.497 e. The molecule has 2 rings (SSSR count). The normalized spacial score (nSPS) is 9.88. The lowest BCUT2D eigenvalue weighted by Crippen LogP contribution is -2.19. The molecule has 0 saturated carbocycles. The molecule has 2 aromatic rings. The topological polar surface area (TPSA) is 68.8 Å². The summed E-state index contributed by atoms with van der Waals surface area (Å²) in [4.78, 5) is 11.6. The fourth-order valence-electron chi connectivity index (χ4n) is 2.10. The number of anilines is 2. The highest BCUT2D eigenvalue weighted by Crippen LogP contribution is 2.29. The Kier molecular flexibility index (Phi) is 6.59. The first-order chi connectivity index (χ1) is 12.1. The monoisotopic (exact) mass is 360 g/mol. The van der Waals surface area contributed by atoms with E-state index < -0.39 is 0 Å². The zero-order valence-electron chi connectivity index (χ0n) is 14.3. The van der Waals surface area contributed by atoms with Crippen molar-refractivity contribution in [3.8, 4) is 11.5 Å². The summed E-state index contributed by atoms with van der Waals surface area (Å²) in [5.74, 6) is 0.975. The van der Waals surface area contributed by atoms with Crippen LogP contribution in [0, 0.1) is 0 Å². The van der Waals surface area contributed by atoms with Crippen molar-refractivity contribution in [1.29, 1.82) is 0 Å². The molecule has 0 fully saturated rings. The fraction of sp³-hybridized carbons (Fsp3) is 0.222. The number of hydrogen-bond donors (Lipinski definition) is 2. The van der Waals surface area contributed by atoms with Gasteiger partial charge in [-0.1, -0.05) is 0 Å². The number of thiocarbonyl (C=S) groups is 1. The molecule has 0 bridgehead atoms. The molecule has 0 aliphatic carbocycles. The summed E-state index contributed by atoms with van der Waals surface area (Å²) in [5, 5.41) is 6.50. The minimum absolute atomic E-state index is 0.342. The lowest BCUT2D eigenvalue weighted by Gasteiger charge is -2.14. The van der Waals surface area contributed by atoms with E-state index in [4.69, 9.17) is 26.4 Å². The lowest BCUT2D eigenvalue weighted by molar-refractivity contribution is 0.0526. The van der Waals surface area contributed by atoms with Crippen LogP contribution in [0.15, 0.2) is 42.5 Å². The van der Waals surface area contributed by atoms with Crippen molar-refractivity contribution in [2.45, 2.75) is 6.92 Å². The van der Waals surface area contributed by atoms with Crippen molar-refractivity contribution < 1.29 is 19.0 Å². The summed E-state index contributed by atoms with van der Waals surface area (Å²) in [6.07, 6.45) is 0. The second-order valence-electron chi connectivity index (χ2n) is 4.94. The van der Waals surface area contributed by atoms with E-state index in [9.17, 15) is 4.79 Å². The maximum atomic E-state index is 11.6. The molecule has 0 unspecified atom stereocenters. The molecule has 0 aliphatic heterocycles. The van der Waals surface area contributed by atoms with Crippen molar-refractivity contribution in [2.24, 2.45) is 0 Å². The first-order valence-electron chi connectivity index (χ1n) is 7.64. The number of methoxy groups -OCH3 is 2. The minimum atomic E-state index is -0.351. The maximum Gasteiger partial charge on any atom is 0.338 e. The Hall–Kier alpha value is -2.80. The van der Waals surface area contributed by atoms with Crippen LogP contribution in [0.2, 0.25) is 0 Å². The second-order valence-corrected chi connectivity index (χ2v) is 5.35. The van der Waals surface area contributed by atoms with Crippen LogP contribution in [-0.4, -0.2) is 31.9 Å². The fourth-order valence-corrected chi connectivity index (χ4v) is 2.33. The number of carbonyl (C=O) groups excluding carboxylic acids is 1. The molecular weight excluding hydrogens is 340 g/mol.